The highest BCUT2D eigenvalue weighted by molar-refractivity contribution is 6.31. The van der Waals surface area contributed by atoms with Crippen LogP contribution in [0.5, 0.6) is 11.5 Å². The van der Waals surface area contributed by atoms with Gasteiger partial charge in [0.05, 0.1) is 5.71 Å². The van der Waals surface area contributed by atoms with E-state index in [0.717, 1.165) is 5.56 Å². The molecule has 1 amide bonds. The van der Waals surface area contributed by atoms with Gasteiger partial charge in [-0.2, -0.15) is 5.10 Å². The van der Waals surface area contributed by atoms with Crippen molar-refractivity contribution < 1.29 is 14.3 Å². The summed E-state index contributed by atoms with van der Waals surface area (Å²) in [6.45, 7) is 1.94. The van der Waals surface area contributed by atoms with Gasteiger partial charge in [0.2, 0.25) is 6.10 Å². The second kappa shape index (κ2) is 6.71. The Morgan fingerprint density at radius 1 is 1.22 bits per heavy atom. The number of carbonyl (C=O) groups is 1. The van der Waals surface area contributed by atoms with Crippen molar-refractivity contribution >= 4 is 23.2 Å². The number of carbonyl (C=O) groups excluding carboxylic acids is 1. The van der Waals surface area contributed by atoms with Gasteiger partial charge in [-0.3, -0.25) is 4.79 Å². The van der Waals surface area contributed by atoms with Crippen LogP contribution in [0, 0.1) is 0 Å². The van der Waals surface area contributed by atoms with Crippen molar-refractivity contribution in [3.8, 4) is 11.5 Å². The van der Waals surface area contributed by atoms with Crippen molar-refractivity contribution in [3.05, 3.63) is 59.1 Å². The topological polar surface area (TPSA) is 59.9 Å². The number of ether oxygens (including phenoxy) is 2. The molecule has 5 nitrogen and oxygen atoms in total. The van der Waals surface area contributed by atoms with E-state index in [4.69, 9.17) is 21.1 Å². The maximum Gasteiger partial charge on any atom is 0.284 e. The van der Waals surface area contributed by atoms with Gasteiger partial charge in [-0.1, -0.05) is 35.9 Å². The maximum atomic E-state index is 12.2. The molecule has 1 heterocycles. The van der Waals surface area contributed by atoms with Crippen LogP contribution >= 0.6 is 11.6 Å². The van der Waals surface area contributed by atoms with Gasteiger partial charge in [0.15, 0.2) is 11.5 Å². The van der Waals surface area contributed by atoms with Crippen LogP contribution in [0.4, 0.5) is 0 Å². The van der Waals surface area contributed by atoms with Crippen molar-refractivity contribution in [1.29, 1.82) is 0 Å². The Morgan fingerprint density at radius 3 is 2.78 bits per heavy atom. The number of amides is 1. The third kappa shape index (κ3) is 3.63. The summed E-state index contributed by atoms with van der Waals surface area (Å²) in [5, 5.41) is 4.70. The molecule has 1 aliphatic heterocycles. The Labute approximate surface area is 138 Å². The van der Waals surface area contributed by atoms with Crippen molar-refractivity contribution in [2.24, 2.45) is 5.10 Å². The Kier molecular flexibility index (Phi) is 4.48. The summed E-state index contributed by atoms with van der Waals surface area (Å²) >= 11 is 5.94. The van der Waals surface area contributed by atoms with E-state index < -0.39 is 6.10 Å². The molecule has 0 saturated carbocycles. The van der Waals surface area contributed by atoms with Crippen LogP contribution in [0.2, 0.25) is 5.02 Å². The van der Waals surface area contributed by atoms with E-state index in [1.54, 1.807) is 31.2 Å². The number of nitrogens with zero attached hydrogens (tertiary/aromatic N) is 1. The van der Waals surface area contributed by atoms with E-state index in [9.17, 15) is 4.79 Å². The molecule has 1 atom stereocenters. The van der Waals surface area contributed by atoms with E-state index in [-0.39, 0.29) is 12.5 Å². The molecule has 1 aliphatic rings. The summed E-state index contributed by atoms with van der Waals surface area (Å²) in [5.74, 6) is 0.825. The third-order valence-corrected chi connectivity index (χ3v) is 3.61. The van der Waals surface area contributed by atoms with E-state index in [1.165, 1.54) is 0 Å². The third-order valence-electron chi connectivity index (χ3n) is 3.38. The lowest BCUT2D eigenvalue weighted by Gasteiger charge is -2.24. The van der Waals surface area contributed by atoms with Gasteiger partial charge in [-0.05, 0) is 36.8 Å². The van der Waals surface area contributed by atoms with E-state index in [0.29, 0.717) is 22.2 Å². The van der Waals surface area contributed by atoms with Gasteiger partial charge in [0, 0.05) is 5.02 Å². The smallest absolute Gasteiger partial charge is 0.284 e. The van der Waals surface area contributed by atoms with E-state index in [2.05, 4.69) is 10.5 Å². The zero-order valence-corrected chi connectivity index (χ0v) is 13.2. The number of rotatable bonds is 3. The molecule has 6 heteroatoms. The Morgan fingerprint density at radius 2 is 2.00 bits per heavy atom. The number of halogens is 1. The maximum absolute atomic E-state index is 12.2. The summed E-state index contributed by atoms with van der Waals surface area (Å²) < 4.78 is 11.1. The number of para-hydroxylation sites is 2. The lowest BCUT2D eigenvalue weighted by atomic mass is 10.1. The second-order valence-electron chi connectivity index (χ2n) is 5.05. The number of hydrazone groups is 1. The number of fused-ring (bicyclic) bond motifs is 1. The molecule has 0 bridgehead atoms. The lowest BCUT2D eigenvalue weighted by molar-refractivity contribution is -0.130. The number of hydrogen-bond acceptors (Lipinski definition) is 4. The first-order valence-corrected chi connectivity index (χ1v) is 7.50. The molecule has 0 aliphatic carbocycles. The predicted molar refractivity (Wildman–Crippen MR) is 88.2 cm³/mol. The van der Waals surface area contributed by atoms with Gasteiger partial charge in [-0.25, -0.2) is 5.43 Å². The SMILES string of the molecule is CC(=NNC(=O)C1COc2ccccc2O1)c1cccc(Cl)c1. The molecule has 0 aromatic heterocycles. The number of hydrogen-bond donors (Lipinski definition) is 1. The molecule has 0 radical (unpaired) electrons. The minimum Gasteiger partial charge on any atom is -0.485 e. The fraction of sp³-hybridized carbons (Fsp3) is 0.176. The molecule has 3 rings (SSSR count). The molecule has 0 spiro atoms. The highest BCUT2D eigenvalue weighted by atomic mass is 35.5. The Hall–Kier alpha value is -2.53. The minimum atomic E-state index is -0.735. The van der Waals surface area contributed by atoms with Crippen LogP contribution in [0.3, 0.4) is 0 Å². The van der Waals surface area contributed by atoms with Crippen LogP contribution in [0.25, 0.3) is 0 Å². The Bertz CT molecular complexity index is 761. The van der Waals surface area contributed by atoms with Crippen LogP contribution in [0.1, 0.15) is 12.5 Å². The fourth-order valence-electron chi connectivity index (χ4n) is 2.14. The average molecular weight is 331 g/mol. The molecule has 1 unspecified atom stereocenters. The quantitative estimate of drug-likeness (QED) is 0.695. The van der Waals surface area contributed by atoms with Gasteiger partial charge >= 0.3 is 0 Å². The molecular formula is C17H15ClN2O3. The first kappa shape index (κ1) is 15.4. The zero-order chi connectivity index (χ0) is 16.2. The molecule has 0 fully saturated rings. The second-order valence-corrected chi connectivity index (χ2v) is 5.48. The standard InChI is InChI=1S/C17H15ClN2O3/c1-11(12-5-4-6-13(18)9-12)19-20-17(21)16-10-22-14-7-2-3-8-15(14)23-16/h2-9,16H,10H2,1H3,(H,20,21). The van der Waals surface area contributed by atoms with Crippen LogP contribution in [0.15, 0.2) is 53.6 Å². The summed E-state index contributed by atoms with van der Waals surface area (Å²) in [6.07, 6.45) is -0.735. The van der Waals surface area contributed by atoms with Crippen LogP contribution in [-0.2, 0) is 4.79 Å². The van der Waals surface area contributed by atoms with Crippen LogP contribution in [-0.4, -0.2) is 24.3 Å². The average Bonchev–Trinajstić information content (AvgIpc) is 2.59. The summed E-state index contributed by atoms with van der Waals surface area (Å²) in [7, 11) is 0. The molecule has 23 heavy (non-hydrogen) atoms. The monoisotopic (exact) mass is 330 g/mol. The van der Waals surface area contributed by atoms with Crippen LogP contribution < -0.4 is 14.9 Å². The summed E-state index contributed by atoms with van der Waals surface area (Å²) in [6, 6.07) is 14.5. The molecule has 0 saturated heterocycles. The minimum absolute atomic E-state index is 0.147. The van der Waals surface area contributed by atoms with Crippen molar-refractivity contribution in [2.75, 3.05) is 6.61 Å². The lowest BCUT2D eigenvalue weighted by Crippen LogP contribution is -2.42. The zero-order valence-electron chi connectivity index (χ0n) is 12.5. The van der Waals surface area contributed by atoms with Crippen molar-refractivity contribution in [1.82, 2.24) is 5.43 Å². The highest BCUT2D eigenvalue weighted by Crippen LogP contribution is 2.30. The normalized spacial score (nSPS) is 16.8. The number of nitrogens with one attached hydrogen (secondary N) is 1. The fourth-order valence-corrected chi connectivity index (χ4v) is 2.33. The number of benzene rings is 2. The van der Waals surface area contributed by atoms with E-state index in [1.807, 2.05) is 24.3 Å². The molecular weight excluding hydrogens is 316 g/mol. The first-order chi connectivity index (χ1) is 11.1. The highest BCUT2D eigenvalue weighted by Gasteiger charge is 2.27. The summed E-state index contributed by atoms with van der Waals surface area (Å²) in [4.78, 5) is 12.2. The molecule has 2 aromatic rings. The summed E-state index contributed by atoms with van der Waals surface area (Å²) in [5.41, 5.74) is 3.99. The molecule has 118 valence electrons. The first-order valence-electron chi connectivity index (χ1n) is 7.12. The predicted octanol–water partition coefficient (Wildman–Crippen LogP) is 3.02. The van der Waals surface area contributed by atoms with Crippen molar-refractivity contribution in [3.63, 3.8) is 0 Å². The van der Waals surface area contributed by atoms with Gasteiger partial charge in [0.1, 0.15) is 6.61 Å². The Balaban J connectivity index is 1.65. The largest absolute Gasteiger partial charge is 0.485 e. The molecule has 2 aromatic carbocycles. The van der Waals surface area contributed by atoms with Gasteiger partial charge in [-0.15, -0.1) is 0 Å². The molecule has 1 N–H and O–H groups in total. The van der Waals surface area contributed by atoms with Gasteiger partial charge < -0.3 is 9.47 Å². The van der Waals surface area contributed by atoms with Gasteiger partial charge in [0.25, 0.3) is 5.91 Å². The van der Waals surface area contributed by atoms with Crippen molar-refractivity contribution in [2.45, 2.75) is 13.0 Å². The van der Waals surface area contributed by atoms with E-state index >= 15 is 0 Å².